The second-order valence-corrected chi connectivity index (χ2v) is 5.67. The van der Waals surface area contributed by atoms with E-state index in [9.17, 15) is 9.59 Å². The molecule has 0 unspecified atom stereocenters. The SMILES string of the molecule is CC(C)c1noc(Cn2c(=O)c(C#N)cn(C3CC3)c2=O)n1. The van der Waals surface area contributed by atoms with Crippen LogP contribution in [-0.4, -0.2) is 19.3 Å². The molecular formula is C14H15N5O3. The number of hydrogen-bond donors (Lipinski definition) is 0. The molecule has 1 saturated carbocycles. The van der Waals surface area contributed by atoms with Gasteiger partial charge in [-0.2, -0.15) is 10.2 Å². The molecule has 2 aromatic heterocycles. The van der Waals surface area contributed by atoms with E-state index in [-0.39, 0.29) is 30.0 Å². The van der Waals surface area contributed by atoms with Crippen LogP contribution in [0.1, 0.15) is 55.9 Å². The highest BCUT2D eigenvalue weighted by Crippen LogP contribution is 2.33. The van der Waals surface area contributed by atoms with Crippen LogP contribution in [0.25, 0.3) is 0 Å². The fourth-order valence-corrected chi connectivity index (χ4v) is 2.15. The van der Waals surface area contributed by atoms with Crippen LogP contribution in [0.4, 0.5) is 0 Å². The molecule has 0 radical (unpaired) electrons. The molecule has 0 bridgehead atoms. The smallest absolute Gasteiger partial charge is 0.331 e. The molecule has 0 spiro atoms. The van der Waals surface area contributed by atoms with Gasteiger partial charge >= 0.3 is 5.69 Å². The third-order valence-corrected chi connectivity index (χ3v) is 3.55. The second-order valence-electron chi connectivity index (χ2n) is 5.67. The van der Waals surface area contributed by atoms with Crippen LogP contribution in [0.3, 0.4) is 0 Å². The van der Waals surface area contributed by atoms with E-state index in [2.05, 4.69) is 10.1 Å². The summed E-state index contributed by atoms with van der Waals surface area (Å²) in [6.45, 7) is 3.70. The molecule has 3 rings (SSSR count). The van der Waals surface area contributed by atoms with Crippen molar-refractivity contribution in [2.75, 3.05) is 0 Å². The number of rotatable bonds is 4. The first-order valence-corrected chi connectivity index (χ1v) is 7.09. The van der Waals surface area contributed by atoms with E-state index < -0.39 is 11.2 Å². The monoisotopic (exact) mass is 301 g/mol. The summed E-state index contributed by atoms with van der Waals surface area (Å²) in [7, 11) is 0. The Kier molecular flexibility index (Phi) is 3.41. The lowest BCUT2D eigenvalue weighted by atomic mass is 10.2. The molecule has 22 heavy (non-hydrogen) atoms. The Morgan fingerprint density at radius 1 is 1.45 bits per heavy atom. The number of aromatic nitrogens is 4. The lowest BCUT2D eigenvalue weighted by Gasteiger charge is -2.08. The Balaban J connectivity index is 2.05. The van der Waals surface area contributed by atoms with Crippen molar-refractivity contribution in [3.05, 3.63) is 44.3 Å². The zero-order valence-corrected chi connectivity index (χ0v) is 12.3. The molecule has 1 fully saturated rings. The predicted molar refractivity (Wildman–Crippen MR) is 75.4 cm³/mol. The summed E-state index contributed by atoms with van der Waals surface area (Å²) < 4.78 is 7.50. The highest BCUT2D eigenvalue weighted by molar-refractivity contribution is 5.23. The first kappa shape index (κ1) is 14.3. The van der Waals surface area contributed by atoms with E-state index in [4.69, 9.17) is 9.78 Å². The van der Waals surface area contributed by atoms with Crippen molar-refractivity contribution >= 4 is 0 Å². The van der Waals surface area contributed by atoms with E-state index in [0.29, 0.717) is 5.82 Å². The first-order valence-electron chi connectivity index (χ1n) is 7.09. The Labute approximate surface area is 125 Å². The maximum atomic E-state index is 12.4. The van der Waals surface area contributed by atoms with Crippen molar-refractivity contribution in [2.24, 2.45) is 0 Å². The molecule has 0 amide bonds. The summed E-state index contributed by atoms with van der Waals surface area (Å²) in [6, 6.07) is 1.91. The Hall–Kier alpha value is -2.69. The molecule has 0 atom stereocenters. The van der Waals surface area contributed by atoms with Gasteiger partial charge in [0.15, 0.2) is 5.82 Å². The van der Waals surface area contributed by atoms with Crippen LogP contribution in [0, 0.1) is 11.3 Å². The summed E-state index contributed by atoms with van der Waals surface area (Å²) in [6.07, 6.45) is 3.09. The maximum absolute atomic E-state index is 12.4. The first-order chi connectivity index (χ1) is 10.5. The molecule has 0 N–H and O–H groups in total. The summed E-state index contributed by atoms with van der Waals surface area (Å²) in [4.78, 5) is 28.8. The topological polar surface area (TPSA) is 107 Å². The fraction of sp³-hybridized carbons (Fsp3) is 0.500. The van der Waals surface area contributed by atoms with Crippen molar-refractivity contribution < 1.29 is 4.52 Å². The van der Waals surface area contributed by atoms with Gasteiger partial charge in [-0.05, 0) is 12.8 Å². The molecular weight excluding hydrogens is 286 g/mol. The Morgan fingerprint density at radius 2 is 2.18 bits per heavy atom. The Bertz CT molecular complexity index is 864. The van der Waals surface area contributed by atoms with Gasteiger partial charge in [-0.25, -0.2) is 9.36 Å². The van der Waals surface area contributed by atoms with Crippen LogP contribution >= 0.6 is 0 Å². The van der Waals surface area contributed by atoms with Crippen molar-refractivity contribution in [3.63, 3.8) is 0 Å². The zero-order valence-electron chi connectivity index (χ0n) is 12.3. The van der Waals surface area contributed by atoms with E-state index in [1.165, 1.54) is 10.8 Å². The predicted octanol–water partition coefficient (Wildman–Crippen LogP) is 0.771. The van der Waals surface area contributed by atoms with E-state index >= 15 is 0 Å². The van der Waals surface area contributed by atoms with Gasteiger partial charge in [0.2, 0.25) is 5.89 Å². The van der Waals surface area contributed by atoms with Gasteiger partial charge in [0.1, 0.15) is 18.2 Å². The van der Waals surface area contributed by atoms with E-state index in [1.54, 1.807) is 0 Å². The van der Waals surface area contributed by atoms with Crippen LogP contribution in [0.5, 0.6) is 0 Å². The van der Waals surface area contributed by atoms with Crippen LogP contribution in [-0.2, 0) is 6.54 Å². The van der Waals surface area contributed by atoms with Gasteiger partial charge in [0.25, 0.3) is 5.56 Å². The minimum absolute atomic E-state index is 0.0601. The molecule has 2 heterocycles. The largest absolute Gasteiger partial charge is 0.337 e. The van der Waals surface area contributed by atoms with Gasteiger partial charge in [0.05, 0.1) is 0 Å². The average Bonchev–Trinajstić information content (AvgIpc) is 3.21. The third kappa shape index (κ3) is 2.45. The molecule has 8 nitrogen and oxygen atoms in total. The van der Waals surface area contributed by atoms with E-state index in [0.717, 1.165) is 17.4 Å². The molecule has 0 aliphatic heterocycles. The standard InChI is InChI=1S/C14H15N5O3/c1-8(2)12-16-11(22-17-12)7-19-13(20)9(5-15)6-18(14(19)21)10-3-4-10/h6,8,10H,3-4,7H2,1-2H3. The molecule has 0 saturated heterocycles. The third-order valence-electron chi connectivity index (χ3n) is 3.55. The molecule has 2 aromatic rings. The van der Waals surface area contributed by atoms with Crippen molar-refractivity contribution in [1.29, 1.82) is 5.26 Å². The summed E-state index contributed by atoms with van der Waals surface area (Å²) >= 11 is 0. The van der Waals surface area contributed by atoms with Gasteiger partial charge in [-0.3, -0.25) is 9.36 Å². The minimum Gasteiger partial charge on any atom is -0.337 e. The second kappa shape index (κ2) is 5.26. The number of nitrogens with zero attached hydrogens (tertiary/aromatic N) is 5. The summed E-state index contributed by atoms with van der Waals surface area (Å²) in [5, 5.41) is 12.9. The van der Waals surface area contributed by atoms with Crippen LogP contribution < -0.4 is 11.2 Å². The minimum atomic E-state index is -0.631. The van der Waals surface area contributed by atoms with Gasteiger partial charge in [-0.15, -0.1) is 0 Å². The molecule has 8 heteroatoms. The summed E-state index contributed by atoms with van der Waals surface area (Å²) in [5.41, 5.74) is -1.14. The fourth-order valence-electron chi connectivity index (χ4n) is 2.15. The Morgan fingerprint density at radius 3 is 2.73 bits per heavy atom. The lowest BCUT2D eigenvalue weighted by molar-refractivity contribution is 0.359. The lowest BCUT2D eigenvalue weighted by Crippen LogP contribution is -2.41. The number of hydrogen-bond acceptors (Lipinski definition) is 6. The molecule has 0 aromatic carbocycles. The van der Waals surface area contributed by atoms with Gasteiger partial charge in [0, 0.05) is 18.2 Å². The molecule has 114 valence electrons. The summed E-state index contributed by atoms with van der Waals surface area (Å²) in [5.74, 6) is 0.783. The average molecular weight is 301 g/mol. The van der Waals surface area contributed by atoms with Crippen molar-refractivity contribution in [3.8, 4) is 6.07 Å². The molecule has 1 aliphatic carbocycles. The number of nitriles is 1. The van der Waals surface area contributed by atoms with Gasteiger partial charge < -0.3 is 4.52 Å². The highest BCUT2D eigenvalue weighted by Gasteiger charge is 2.27. The molecule has 1 aliphatic rings. The van der Waals surface area contributed by atoms with Crippen molar-refractivity contribution in [2.45, 2.75) is 45.2 Å². The van der Waals surface area contributed by atoms with Crippen LogP contribution in [0.2, 0.25) is 0 Å². The van der Waals surface area contributed by atoms with Gasteiger partial charge in [-0.1, -0.05) is 19.0 Å². The van der Waals surface area contributed by atoms with E-state index in [1.807, 2.05) is 19.9 Å². The quantitative estimate of drug-likeness (QED) is 0.825. The highest BCUT2D eigenvalue weighted by atomic mass is 16.5. The van der Waals surface area contributed by atoms with Crippen molar-refractivity contribution in [1.82, 2.24) is 19.3 Å². The maximum Gasteiger partial charge on any atom is 0.331 e. The normalized spacial score (nSPS) is 14.3. The van der Waals surface area contributed by atoms with Crippen LogP contribution in [0.15, 0.2) is 20.3 Å². The zero-order chi connectivity index (χ0) is 15.9.